The third-order valence-corrected chi connectivity index (χ3v) is 4.51. The van der Waals surface area contributed by atoms with Crippen LogP contribution in [0, 0.1) is 5.82 Å². The van der Waals surface area contributed by atoms with Crippen LogP contribution < -0.4 is 16.0 Å². The van der Waals surface area contributed by atoms with Gasteiger partial charge >= 0.3 is 0 Å². The highest BCUT2D eigenvalue weighted by atomic mass is 19.1. The van der Waals surface area contributed by atoms with Crippen molar-refractivity contribution in [1.29, 1.82) is 0 Å². The molecule has 0 unspecified atom stereocenters. The first-order valence-electron chi connectivity index (χ1n) is 9.33. The molecule has 1 saturated carbocycles. The maximum absolute atomic E-state index is 14.3. The Hall–Kier alpha value is -3.68. The first kappa shape index (κ1) is 18.7. The lowest BCUT2D eigenvalue weighted by Gasteiger charge is -2.12. The topological polar surface area (TPSA) is 88.1 Å². The number of carbonyl (C=O) groups is 2. The number of hydrogen-bond donors (Lipinski definition) is 3. The van der Waals surface area contributed by atoms with E-state index in [1.165, 1.54) is 10.7 Å². The number of hydrogen-bond acceptors (Lipinski definition) is 4. The molecule has 1 aliphatic rings. The lowest BCUT2D eigenvalue weighted by Crippen LogP contribution is -2.28. The predicted octanol–water partition coefficient (Wildman–Crippen LogP) is 2.95. The number of amides is 2. The van der Waals surface area contributed by atoms with Crippen molar-refractivity contribution in [3.05, 3.63) is 72.3 Å². The summed E-state index contributed by atoms with van der Waals surface area (Å²) in [5.41, 5.74) is 1.65. The highest BCUT2D eigenvalue weighted by Crippen LogP contribution is 2.22. The molecule has 8 heteroatoms. The van der Waals surface area contributed by atoms with Crippen LogP contribution in [0.5, 0.6) is 0 Å². The number of halogens is 1. The zero-order valence-electron chi connectivity index (χ0n) is 15.6. The summed E-state index contributed by atoms with van der Waals surface area (Å²) in [5.74, 6) is -0.998. The molecule has 7 nitrogen and oxygen atoms in total. The Morgan fingerprint density at radius 3 is 2.69 bits per heavy atom. The van der Waals surface area contributed by atoms with Crippen LogP contribution in [0.4, 0.5) is 15.8 Å². The van der Waals surface area contributed by atoms with Crippen molar-refractivity contribution in [3.63, 3.8) is 0 Å². The summed E-state index contributed by atoms with van der Waals surface area (Å²) < 4.78 is 15.7. The van der Waals surface area contributed by atoms with Gasteiger partial charge < -0.3 is 16.0 Å². The molecule has 29 heavy (non-hydrogen) atoms. The maximum Gasteiger partial charge on any atom is 0.253 e. The lowest BCUT2D eigenvalue weighted by molar-refractivity contribution is -0.114. The van der Waals surface area contributed by atoms with E-state index in [0.29, 0.717) is 22.6 Å². The second kappa shape index (κ2) is 8.14. The smallest absolute Gasteiger partial charge is 0.253 e. The number of benzene rings is 2. The molecule has 2 amide bonds. The van der Waals surface area contributed by atoms with Gasteiger partial charge in [-0.15, -0.1) is 0 Å². The van der Waals surface area contributed by atoms with Crippen molar-refractivity contribution in [2.24, 2.45) is 0 Å². The van der Waals surface area contributed by atoms with Gasteiger partial charge in [0, 0.05) is 24.1 Å². The van der Waals surface area contributed by atoms with E-state index >= 15 is 0 Å². The molecule has 1 aromatic heterocycles. The molecule has 0 saturated heterocycles. The Bertz CT molecular complexity index is 1030. The molecule has 1 aliphatic carbocycles. The highest BCUT2D eigenvalue weighted by molar-refractivity contribution is 6.04. The van der Waals surface area contributed by atoms with Crippen molar-refractivity contribution in [2.75, 3.05) is 17.2 Å². The molecule has 0 aliphatic heterocycles. The Kier molecular flexibility index (Phi) is 5.24. The fourth-order valence-corrected chi connectivity index (χ4v) is 2.87. The summed E-state index contributed by atoms with van der Waals surface area (Å²) in [6.07, 6.45) is 5.19. The van der Waals surface area contributed by atoms with Crippen LogP contribution in [0.25, 0.3) is 5.69 Å². The Morgan fingerprint density at radius 2 is 1.97 bits per heavy atom. The third-order valence-electron chi connectivity index (χ3n) is 4.51. The van der Waals surface area contributed by atoms with Crippen LogP contribution >= 0.6 is 0 Å². The average molecular weight is 393 g/mol. The zero-order chi connectivity index (χ0) is 20.2. The minimum absolute atomic E-state index is 0.0703. The van der Waals surface area contributed by atoms with Crippen LogP contribution in [0.2, 0.25) is 0 Å². The number of rotatable bonds is 7. The van der Waals surface area contributed by atoms with Crippen LogP contribution in [0.3, 0.4) is 0 Å². The monoisotopic (exact) mass is 393 g/mol. The van der Waals surface area contributed by atoms with Gasteiger partial charge in [0.25, 0.3) is 5.91 Å². The first-order chi connectivity index (χ1) is 14.1. The minimum Gasteiger partial charge on any atom is -0.376 e. The normalized spacial score (nSPS) is 13.0. The van der Waals surface area contributed by atoms with Gasteiger partial charge in [0.1, 0.15) is 5.69 Å². The summed E-state index contributed by atoms with van der Waals surface area (Å²) in [6.45, 7) is -0.0703. The van der Waals surface area contributed by atoms with Gasteiger partial charge in [-0.25, -0.2) is 9.07 Å². The number of anilines is 2. The predicted molar refractivity (Wildman–Crippen MR) is 108 cm³/mol. The van der Waals surface area contributed by atoms with Gasteiger partial charge in [0.2, 0.25) is 5.91 Å². The van der Waals surface area contributed by atoms with Crippen LogP contribution in [0.1, 0.15) is 23.2 Å². The molecule has 1 fully saturated rings. The quantitative estimate of drug-likeness (QED) is 0.576. The molecule has 148 valence electrons. The summed E-state index contributed by atoms with van der Waals surface area (Å²) >= 11 is 0. The third kappa shape index (κ3) is 4.60. The summed E-state index contributed by atoms with van der Waals surface area (Å²) in [7, 11) is 0. The Balaban J connectivity index is 1.37. The maximum atomic E-state index is 14.3. The van der Waals surface area contributed by atoms with Crippen LogP contribution in [-0.4, -0.2) is 34.2 Å². The zero-order valence-corrected chi connectivity index (χ0v) is 15.6. The van der Waals surface area contributed by atoms with Crippen molar-refractivity contribution in [1.82, 2.24) is 15.1 Å². The first-order valence-corrected chi connectivity index (χ1v) is 9.33. The lowest BCUT2D eigenvalue weighted by atomic mass is 10.1. The fourth-order valence-electron chi connectivity index (χ4n) is 2.87. The number of carbonyl (C=O) groups excluding carboxylic acids is 2. The van der Waals surface area contributed by atoms with E-state index in [2.05, 4.69) is 21.0 Å². The highest BCUT2D eigenvalue weighted by Gasteiger charge is 2.25. The van der Waals surface area contributed by atoms with Crippen molar-refractivity contribution in [2.45, 2.75) is 18.9 Å². The van der Waals surface area contributed by atoms with E-state index in [0.717, 1.165) is 12.8 Å². The molecule has 0 bridgehead atoms. The van der Waals surface area contributed by atoms with Crippen molar-refractivity contribution < 1.29 is 14.0 Å². The van der Waals surface area contributed by atoms with E-state index in [9.17, 15) is 14.0 Å². The molecule has 1 heterocycles. The van der Waals surface area contributed by atoms with Gasteiger partial charge in [-0.1, -0.05) is 12.1 Å². The number of para-hydroxylation sites is 1. The van der Waals surface area contributed by atoms with Gasteiger partial charge in [-0.3, -0.25) is 9.59 Å². The van der Waals surface area contributed by atoms with Crippen LogP contribution in [-0.2, 0) is 4.79 Å². The van der Waals surface area contributed by atoms with E-state index in [1.54, 1.807) is 54.9 Å². The molecular formula is C21H20FN5O2. The Labute approximate surface area is 166 Å². The Morgan fingerprint density at radius 1 is 1.14 bits per heavy atom. The second-order valence-corrected chi connectivity index (χ2v) is 6.81. The molecular weight excluding hydrogens is 373 g/mol. The molecule has 0 atom stereocenters. The fraction of sp³-hybridized carbons (Fsp3) is 0.190. The van der Waals surface area contributed by atoms with Gasteiger partial charge in [0.05, 0.1) is 17.8 Å². The standard InChI is InChI=1S/C21H20FN5O2/c22-17-12-15(8-9-19(17)27-11-3-10-24-27)23-13-20(28)26-18-5-2-1-4-16(18)21(29)25-14-6-7-14/h1-5,8-12,14,23H,6-7,13H2,(H,25,29)(H,26,28). The van der Waals surface area contributed by atoms with Gasteiger partial charge in [0.15, 0.2) is 5.82 Å². The van der Waals surface area contributed by atoms with E-state index < -0.39 is 5.82 Å². The van der Waals surface area contributed by atoms with Crippen molar-refractivity contribution >= 4 is 23.2 Å². The largest absolute Gasteiger partial charge is 0.376 e. The van der Waals surface area contributed by atoms with E-state index in [-0.39, 0.29) is 24.4 Å². The molecule has 2 aromatic carbocycles. The molecule has 0 spiro atoms. The van der Waals surface area contributed by atoms with Crippen LogP contribution in [0.15, 0.2) is 60.9 Å². The second-order valence-electron chi connectivity index (χ2n) is 6.81. The number of aromatic nitrogens is 2. The summed E-state index contributed by atoms with van der Waals surface area (Å²) in [5, 5.41) is 12.5. The van der Waals surface area contributed by atoms with E-state index in [4.69, 9.17) is 0 Å². The average Bonchev–Trinajstić information content (AvgIpc) is 3.36. The number of nitrogens with zero attached hydrogens (tertiary/aromatic N) is 2. The number of nitrogens with one attached hydrogen (secondary N) is 3. The minimum atomic E-state index is -0.457. The molecule has 0 radical (unpaired) electrons. The molecule has 3 N–H and O–H groups in total. The van der Waals surface area contributed by atoms with Gasteiger partial charge in [-0.2, -0.15) is 5.10 Å². The molecule has 3 aromatic rings. The molecule has 4 rings (SSSR count). The van der Waals surface area contributed by atoms with Gasteiger partial charge in [-0.05, 0) is 49.2 Å². The SMILES string of the molecule is O=C(CNc1ccc(-n2cccn2)c(F)c1)Nc1ccccc1C(=O)NC1CC1. The van der Waals surface area contributed by atoms with E-state index in [1.807, 2.05) is 0 Å². The van der Waals surface area contributed by atoms with Crippen molar-refractivity contribution in [3.8, 4) is 5.69 Å². The summed E-state index contributed by atoms with van der Waals surface area (Å²) in [6, 6.07) is 13.3. The summed E-state index contributed by atoms with van der Waals surface area (Å²) in [4.78, 5) is 24.6.